The van der Waals surface area contributed by atoms with Gasteiger partial charge in [-0.2, -0.15) is 0 Å². The van der Waals surface area contributed by atoms with Gasteiger partial charge >= 0.3 is 0 Å². The maximum Gasteiger partial charge on any atom is 0.128 e. The Morgan fingerprint density at radius 1 is 1.32 bits per heavy atom. The van der Waals surface area contributed by atoms with Crippen molar-refractivity contribution in [2.24, 2.45) is 5.73 Å². The van der Waals surface area contributed by atoms with Gasteiger partial charge in [-0.15, -0.1) is 0 Å². The number of anilines is 1. The maximum absolute atomic E-state index is 14.0. The monoisotopic (exact) mass is 265 g/mol. The fourth-order valence-corrected chi connectivity index (χ4v) is 2.68. The molecule has 4 heteroatoms. The predicted molar refractivity (Wildman–Crippen MR) is 78.1 cm³/mol. The van der Waals surface area contributed by atoms with Crippen LogP contribution in [0.5, 0.6) is 0 Å². The number of piperazine rings is 1. The molecule has 19 heavy (non-hydrogen) atoms. The molecule has 2 N–H and O–H groups in total. The van der Waals surface area contributed by atoms with Crippen LogP contribution in [0.3, 0.4) is 0 Å². The van der Waals surface area contributed by atoms with E-state index in [1.54, 1.807) is 6.07 Å². The molecule has 3 nitrogen and oxygen atoms in total. The molecule has 0 amide bonds. The van der Waals surface area contributed by atoms with Crippen LogP contribution in [0.15, 0.2) is 18.2 Å². The zero-order valence-electron chi connectivity index (χ0n) is 12.1. The van der Waals surface area contributed by atoms with Crippen LogP contribution in [-0.2, 0) is 6.42 Å². The molecule has 0 aliphatic carbocycles. The van der Waals surface area contributed by atoms with Crippen molar-refractivity contribution in [1.82, 2.24) is 4.90 Å². The van der Waals surface area contributed by atoms with Gasteiger partial charge in [0, 0.05) is 36.4 Å². The van der Waals surface area contributed by atoms with Gasteiger partial charge in [-0.25, -0.2) is 4.39 Å². The van der Waals surface area contributed by atoms with Gasteiger partial charge < -0.3 is 10.6 Å². The van der Waals surface area contributed by atoms with Crippen molar-refractivity contribution in [2.75, 3.05) is 38.1 Å². The second-order valence-electron chi connectivity index (χ2n) is 5.93. The molecule has 1 fully saturated rings. The molecule has 0 atom stereocenters. The number of hydrogen-bond donors (Lipinski definition) is 1. The lowest BCUT2D eigenvalue weighted by atomic mass is 9.98. The van der Waals surface area contributed by atoms with Gasteiger partial charge in [-0.1, -0.05) is 6.07 Å². The molecule has 0 saturated carbocycles. The zero-order valence-corrected chi connectivity index (χ0v) is 12.1. The van der Waals surface area contributed by atoms with E-state index < -0.39 is 0 Å². The van der Waals surface area contributed by atoms with Crippen molar-refractivity contribution in [3.05, 3.63) is 29.6 Å². The van der Waals surface area contributed by atoms with E-state index in [1.165, 1.54) is 6.07 Å². The predicted octanol–water partition coefficient (Wildman–Crippen LogP) is 1.86. The molecule has 1 heterocycles. The first-order valence-corrected chi connectivity index (χ1v) is 6.89. The number of hydrogen-bond acceptors (Lipinski definition) is 3. The second kappa shape index (κ2) is 5.47. The quantitative estimate of drug-likeness (QED) is 0.905. The minimum Gasteiger partial charge on any atom is -0.368 e. The highest BCUT2D eigenvalue weighted by atomic mass is 19.1. The minimum atomic E-state index is -0.139. The average Bonchev–Trinajstić information content (AvgIpc) is 2.35. The first kappa shape index (κ1) is 14.3. The van der Waals surface area contributed by atoms with E-state index in [-0.39, 0.29) is 11.4 Å². The summed E-state index contributed by atoms with van der Waals surface area (Å²) in [4.78, 5) is 4.64. The molecule has 0 unspecified atom stereocenters. The first-order chi connectivity index (χ1) is 8.95. The van der Waals surface area contributed by atoms with Crippen LogP contribution in [0.1, 0.15) is 19.4 Å². The van der Waals surface area contributed by atoms with Gasteiger partial charge in [0.05, 0.1) is 0 Å². The van der Waals surface area contributed by atoms with Crippen molar-refractivity contribution in [3.63, 3.8) is 0 Å². The van der Waals surface area contributed by atoms with E-state index in [2.05, 4.69) is 30.7 Å². The lowest BCUT2D eigenvalue weighted by molar-refractivity contribution is 0.138. The Morgan fingerprint density at radius 2 is 2.05 bits per heavy atom. The van der Waals surface area contributed by atoms with E-state index in [9.17, 15) is 4.39 Å². The van der Waals surface area contributed by atoms with Crippen molar-refractivity contribution in [1.29, 1.82) is 0 Å². The fraction of sp³-hybridized carbons (Fsp3) is 0.600. The number of nitrogens with zero attached hydrogens (tertiary/aromatic N) is 2. The minimum absolute atomic E-state index is 0.102. The van der Waals surface area contributed by atoms with Gasteiger partial charge in [0.25, 0.3) is 0 Å². The molecule has 1 aliphatic heterocycles. The molecular formula is C15H24FN3. The Balaban J connectivity index is 2.29. The highest BCUT2D eigenvalue weighted by molar-refractivity contribution is 5.55. The lowest BCUT2D eigenvalue weighted by Gasteiger charge is -2.46. The van der Waals surface area contributed by atoms with Crippen LogP contribution in [0.2, 0.25) is 0 Å². The van der Waals surface area contributed by atoms with Gasteiger partial charge in [0.1, 0.15) is 5.82 Å². The van der Waals surface area contributed by atoms with Crippen LogP contribution < -0.4 is 10.6 Å². The Kier molecular flexibility index (Phi) is 4.11. The van der Waals surface area contributed by atoms with Crippen molar-refractivity contribution in [2.45, 2.75) is 25.8 Å². The van der Waals surface area contributed by atoms with Crippen LogP contribution in [0.25, 0.3) is 0 Å². The first-order valence-electron chi connectivity index (χ1n) is 6.89. The number of rotatable bonds is 3. The Hall–Kier alpha value is -1.13. The van der Waals surface area contributed by atoms with Gasteiger partial charge in [-0.05, 0) is 46.0 Å². The molecular weight excluding hydrogens is 241 g/mol. The Labute approximate surface area is 115 Å². The van der Waals surface area contributed by atoms with E-state index in [0.29, 0.717) is 13.0 Å². The Morgan fingerprint density at radius 3 is 2.68 bits per heavy atom. The highest BCUT2D eigenvalue weighted by Crippen LogP contribution is 2.28. The zero-order chi connectivity index (χ0) is 14.0. The highest BCUT2D eigenvalue weighted by Gasteiger charge is 2.32. The second-order valence-corrected chi connectivity index (χ2v) is 5.93. The molecule has 106 valence electrons. The summed E-state index contributed by atoms with van der Waals surface area (Å²) in [5.41, 5.74) is 7.47. The Bertz CT molecular complexity index is 445. The van der Waals surface area contributed by atoms with Crippen LogP contribution >= 0.6 is 0 Å². The smallest absolute Gasteiger partial charge is 0.128 e. The normalized spacial score (nSPS) is 19.7. The third-order valence-electron chi connectivity index (χ3n) is 4.15. The maximum atomic E-state index is 14.0. The van der Waals surface area contributed by atoms with Gasteiger partial charge in [0.15, 0.2) is 0 Å². The third kappa shape index (κ3) is 2.90. The number of halogens is 1. The summed E-state index contributed by atoms with van der Waals surface area (Å²) < 4.78 is 14.0. The summed E-state index contributed by atoms with van der Waals surface area (Å²) in [6.45, 7) is 7.75. The lowest BCUT2D eigenvalue weighted by Crippen LogP contribution is -2.57. The number of nitrogens with two attached hydrogens (primary N) is 1. The molecule has 0 spiro atoms. The number of likely N-dealkylation sites (N-methyl/N-ethyl adjacent to an activating group) is 1. The fourth-order valence-electron chi connectivity index (χ4n) is 2.68. The summed E-state index contributed by atoms with van der Waals surface area (Å²) in [6.07, 6.45) is 0.592. The van der Waals surface area contributed by atoms with Crippen molar-refractivity contribution >= 4 is 5.69 Å². The van der Waals surface area contributed by atoms with Crippen LogP contribution in [0.4, 0.5) is 10.1 Å². The third-order valence-corrected chi connectivity index (χ3v) is 4.15. The molecule has 2 rings (SSSR count). The van der Waals surface area contributed by atoms with E-state index in [4.69, 9.17) is 5.73 Å². The van der Waals surface area contributed by atoms with Gasteiger partial charge in [0.2, 0.25) is 0 Å². The van der Waals surface area contributed by atoms with E-state index >= 15 is 0 Å². The standard InChI is InChI=1S/C15H24FN3/c1-15(2)11-19(10-9-18(15)3)14-6-4-5-13(16)12(14)7-8-17/h4-6H,7-11,17H2,1-3H3. The largest absolute Gasteiger partial charge is 0.368 e. The number of benzene rings is 1. The summed E-state index contributed by atoms with van der Waals surface area (Å²) in [7, 11) is 2.14. The molecule has 1 aromatic rings. The average molecular weight is 265 g/mol. The van der Waals surface area contributed by atoms with Crippen molar-refractivity contribution < 1.29 is 4.39 Å². The summed E-state index contributed by atoms with van der Waals surface area (Å²) >= 11 is 0. The van der Waals surface area contributed by atoms with E-state index in [1.807, 2.05) is 6.07 Å². The molecule has 1 saturated heterocycles. The van der Waals surface area contributed by atoms with Crippen LogP contribution in [-0.4, -0.2) is 43.7 Å². The van der Waals surface area contributed by atoms with Crippen LogP contribution in [0, 0.1) is 5.82 Å². The molecule has 0 aromatic heterocycles. The summed E-state index contributed by atoms with van der Waals surface area (Å²) in [6, 6.07) is 5.32. The van der Waals surface area contributed by atoms with Gasteiger partial charge in [-0.3, -0.25) is 4.90 Å². The molecule has 1 aromatic carbocycles. The molecule has 1 aliphatic rings. The van der Waals surface area contributed by atoms with E-state index in [0.717, 1.165) is 30.9 Å². The molecule has 0 radical (unpaired) electrons. The molecule has 0 bridgehead atoms. The summed E-state index contributed by atoms with van der Waals surface area (Å²) in [5.74, 6) is -0.139. The topological polar surface area (TPSA) is 32.5 Å². The van der Waals surface area contributed by atoms with Crippen molar-refractivity contribution in [3.8, 4) is 0 Å². The SMILES string of the molecule is CN1CCN(c2cccc(F)c2CCN)CC1(C)C. The summed E-state index contributed by atoms with van der Waals surface area (Å²) in [5, 5.41) is 0.